The Balaban J connectivity index is 2.17. The van der Waals surface area contributed by atoms with Crippen molar-refractivity contribution in [3.8, 4) is 0 Å². The molecule has 1 aliphatic carbocycles. The number of rotatable bonds is 3. The molecule has 1 saturated heterocycles. The van der Waals surface area contributed by atoms with Gasteiger partial charge in [0.15, 0.2) is 0 Å². The van der Waals surface area contributed by atoms with E-state index in [9.17, 15) is 57.5 Å². The molecule has 1 aliphatic heterocycles. The van der Waals surface area contributed by atoms with Crippen molar-refractivity contribution in [3.05, 3.63) is 29.8 Å². The number of benzene rings is 1. The standard InChI is InChI=1S/C19H14BF12NO4/c21-16(22,23)14(17(24,25)26)15(18(27,28)29,19(30,31)32)37-20(36-14)12-9-5-4-8-11(12)13(34)35-33-10-6-2-1-3-7-10/h4-5,8-9H,1-3,6-7H2. The Hall–Kier alpha value is -2.50. The molecule has 0 radical (unpaired) electrons. The van der Waals surface area contributed by atoms with Crippen molar-refractivity contribution in [1.29, 1.82) is 0 Å². The van der Waals surface area contributed by atoms with Crippen LogP contribution in [0.5, 0.6) is 0 Å². The molecule has 2 aliphatic rings. The topological polar surface area (TPSA) is 57.1 Å². The lowest BCUT2D eigenvalue weighted by molar-refractivity contribution is -0.464. The predicted molar refractivity (Wildman–Crippen MR) is 99.6 cm³/mol. The van der Waals surface area contributed by atoms with E-state index in [0.717, 1.165) is 18.6 Å². The molecule has 37 heavy (non-hydrogen) atoms. The zero-order valence-corrected chi connectivity index (χ0v) is 18.0. The summed E-state index contributed by atoms with van der Waals surface area (Å²) in [5.41, 5.74) is -15.9. The van der Waals surface area contributed by atoms with Crippen LogP contribution >= 0.6 is 0 Å². The molecular formula is C19H14BF12NO4. The lowest BCUT2D eigenvalue weighted by atomic mass is 9.76. The number of alkyl halides is 12. The van der Waals surface area contributed by atoms with Gasteiger partial charge >= 0.3 is 37.8 Å². The third-order valence-corrected chi connectivity index (χ3v) is 5.78. The Kier molecular flexibility index (Phi) is 7.35. The van der Waals surface area contributed by atoms with Crippen LogP contribution in [0.25, 0.3) is 0 Å². The van der Waals surface area contributed by atoms with Crippen molar-refractivity contribution in [2.45, 2.75) is 68.0 Å². The summed E-state index contributed by atoms with van der Waals surface area (Å²) in [4.78, 5) is 17.0. The first-order chi connectivity index (χ1) is 16.8. The van der Waals surface area contributed by atoms with Crippen LogP contribution in [-0.2, 0) is 14.1 Å². The highest BCUT2D eigenvalue weighted by Crippen LogP contribution is 2.66. The second-order valence-electron chi connectivity index (χ2n) is 8.11. The third kappa shape index (κ3) is 4.66. The molecule has 18 heteroatoms. The van der Waals surface area contributed by atoms with E-state index in [1.165, 1.54) is 0 Å². The van der Waals surface area contributed by atoms with Gasteiger partial charge < -0.3 is 14.1 Å². The smallest absolute Gasteiger partial charge is 0.383 e. The maximum atomic E-state index is 13.7. The van der Waals surface area contributed by atoms with Gasteiger partial charge in [-0.3, -0.25) is 0 Å². The maximum Gasteiger partial charge on any atom is 0.496 e. The lowest BCUT2D eigenvalue weighted by Gasteiger charge is -2.46. The first-order valence-corrected chi connectivity index (χ1v) is 10.3. The molecule has 0 atom stereocenters. The monoisotopic (exact) mass is 559 g/mol. The summed E-state index contributed by atoms with van der Waals surface area (Å²) >= 11 is 0. The van der Waals surface area contributed by atoms with E-state index in [1.807, 2.05) is 0 Å². The molecule has 3 rings (SSSR count). The van der Waals surface area contributed by atoms with E-state index in [0.29, 0.717) is 43.5 Å². The average molecular weight is 559 g/mol. The predicted octanol–water partition coefficient (Wildman–Crippen LogP) is 5.63. The number of carbonyl (C=O) groups excluding carboxylic acids is 1. The quantitative estimate of drug-likeness (QED) is 0.209. The number of halogens is 12. The van der Waals surface area contributed by atoms with Crippen LogP contribution in [0.3, 0.4) is 0 Å². The van der Waals surface area contributed by atoms with E-state index < -0.39 is 60.0 Å². The SMILES string of the molecule is O=C(ON=C1CCCCC1)c1ccccc1B1OC(C(F)(F)F)(C(F)(F)F)C(C(F)(F)F)(C(F)(F)F)O1. The first kappa shape index (κ1) is 29.1. The average Bonchev–Trinajstić information content (AvgIpc) is 3.18. The van der Waals surface area contributed by atoms with Gasteiger partial charge in [-0.2, -0.15) is 52.7 Å². The van der Waals surface area contributed by atoms with Gasteiger partial charge in [-0.1, -0.05) is 29.8 Å². The summed E-state index contributed by atoms with van der Waals surface area (Å²) in [6.45, 7) is 0. The van der Waals surface area contributed by atoms with Gasteiger partial charge in [0, 0.05) is 0 Å². The van der Waals surface area contributed by atoms with Crippen LogP contribution in [0.15, 0.2) is 29.4 Å². The minimum absolute atomic E-state index is 0.367. The Bertz CT molecular complexity index is 971. The van der Waals surface area contributed by atoms with Crippen LogP contribution in [0.4, 0.5) is 52.7 Å². The van der Waals surface area contributed by atoms with Gasteiger partial charge in [0.1, 0.15) is 0 Å². The Morgan fingerprint density at radius 1 is 0.757 bits per heavy atom. The Morgan fingerprint density at radius 3 is 1.62 bits per heavy atom. The van der Waals surface area contributed by atoms with Gasteiger partial charge in [0.05, 0.1) is 11.3 Å². The van der Waals surface area contributed by atoms with Crippen LogP contribution in [0.2, 0.25) is 0 Å². The fraction of sp³-hybridized carbons (Fsp3) is 0.579. The third-order valence-electron chi connectivity index (χ3n) is 5.78. The number of carbonyl (C=O) groups is 1. The Morgan fingerprint density at radius 2 is 1.19 bits per heavy atom. The molecule has 0 aromatic heterocycles. The molecule has 1 aromatic rings. The van der Waals surface area contributed by atoms with Crippen molar-refractivity contribution in [3.63, 3.8) is 0 Å². The van der Waals surface area contributed by atoms with Crippen molar-refractivity contribution in [2.24, 2.45) is 5.16 Å². The second kappa shape index (κ2) is 9.36. The minimum atomic E-state index is -7.35. The van der Waals surface area contributed by atoms with E-state index >= 15 is 0 Å². The molecule has 0 amide bonds. The number of oxime groups is 1. The highest BCUT2D eigenvalue weighted by atomic mass is 19.4. The van der Waals surface area contributed by atoms with Crippen molar-refractivity contribution < 1.29 is 71.6 Å². The second-order valence-corrected chi connectivity index (χ2v) is 8.11. The van der Waals surface area contributed by atoms with Crippen molar-refractivity contribution in [1.82, 2.24) is 0 Å². The summed E-state index contributed by atoms with van der Waals surface area (Å²) in [5.74, 6) is -1.60. The normalized spacial score (nSPS) is 20.6. The Labute approximate surface area is 199 Å². The number of nitrogens with zero attached hydrogens (tertiary/aromatic N) is 1. The maximum absolute atomic E-state index is 13.7. The summed E-state index contributed by atoms with van der Waals surface area (Å²) in [5, 5.41) is 3.51. The van der Waals surface area contributed by atoms with Crippen LogP contribution < -0.4 is 5.46 Å². The van der Waals surface area contributed by atoms with Crippen molar-refractivity contribution >= 4 is 24.3 Å². The van der Waals surface area contributed by atoms with Crippen molar-refractivity contribution in [2.75, 3.05) is 0 Å². The molecule has 1 aromatic carbocycles. The molecule has 1 heterocycles. The van der Waals surface area contributed by atoms with Gasteiger partial charge in [-0.05, 0) is 37.2 Å². The molecule has 1 saturated carbocycles. The summed E-state index contributed by atoms with van der Waals surface area (Å²) in [7, 11) is -3.61. The van der Waals surface area contributed by atoms with Crippen LogP contribution in [-0.4, -0.2) is 54.7 Å². The fourth-order valence-electron chi connectivity index (χ4n) is 4.12. The minimum Gasteiger partial charge on any atom is -0.383 e. The zero-order chi connectivity index (χ0) is 28.1. The molecule has 0 unspecified atom stereocenters. The highest BCUT2D eigenvalue weighted by Gasteiger charge is 2.98. The molecular weight excluding hydrogens is 545 g/mol. The molecule has 0 bridgehead atoms. The molecule has 0 spiro atoms. The summed E-state index contributed by atoms with van der Waals surface area (Å²) in [6, 6.07) is 2.88. The summed E-state index contributed by atoms with van der Waals surface area (Å²) in [6.07, 6.45) is -26.4. The molecule has 206 valence electrons. The van der Waals surface area contributed by atoms with Crippen LogP contribution in [0.1, 0.15) is 42.5 Å². The van der Waals surface area contributed by atoms with E-state index in [1.54, 1.807) is 0 Å². The van der Waals surface area contributed by atoms with E-state index in [4.69, 9.17) is 0 Å². The van der Waals surface area contributed by atoms with Gasteiger partial charge in [0.2, 0.25) is 0 Å². The fourth-order valence-corrected chi connectivity index (χ4v) is 4.12. The number of hydrogen-bond acceptors (Lipinski definition) is 5. The van der Waals surface area contributed by atoms with Gasteiger partial charge in [-0.25, -0.2) is 4.79 Å². The first-order valence-electron chi connectivity index (χ1n) is 10.3. The zero-order valence-electron chi connectivity index (χ0n) is 18.0. The van der Waals surface area contributed by atoms with E-state index in [-0.39, 0.29) is 0 Å². The number of hydrogen-bond donors (Lipinski definition) is 0. The van der Waals surface area contributed by atoms with Gasteiger partial charge in [-0.15, -0.1) is 0 Å². The lowest BCUT2D eigenvalue weighted by Crippen LogP contribution is -2.79. The summed E-state index contributed by atoms with van der Waals surface area (Å²) < 4.78 is 172. The van der Waals surface area contributed by atoms with Crippen LogP contribution in [0, 0.1) is 0 Å². The molecule has 5 nitrogen and oxygen atoms in total. The molecule has 2 fully saturated rings. The van der Waals surface area contributed by atoms with Gasteiger partial charge in [0.25, 0.3) is 11.2 Å². The largest absolute Gasteiger partial charge is 0.496 e. The highest BCUT2D eigenvalue weighted by molar-refractivity contribution is 6.63. The van der Waals surface area contributed by atoms with E-state index in [2.05, 4.69) is 19.3 Å². The molecule has 0 N–H and O–H groups in total.